The molecule has 3 rings (SSSR count). The highest BCUT2D eigenvalue weighted by atomic mass is 35.5. The molecule has 6 nitrogen and oxygen atoms in total. The first-order valence-electron chi connectivity index (χ1n) is 8.28. The van der Waals surface area contributed by atoms with Crippen molar-refractivity contribution in [3.05, 3.63) is 64.9 Å². The highest BCUT2D eigenvalue weighted by Crippen LogP contribution is 2.24. The molecule has 2 aromatic carbocycles. The molecule has 3 aromatic rings. The summed E-state index contributed by atoms with van der Waals surface area (Å²) in [7, 11) is 1.84. The Morgan fingerprint density at radius 1 is 1.22 bits per heavy atom. The third kappa shape index (κ3) is 5.24. The Labute approximate surface area is 166 Å². The maximum atomic E-state index is 12.1. The van der Waals surface area contributed by atoms with Gasteiger partial charge in [-0.1, -0.05) is 47.6 Å². The summed E-state index contributed by atoms with van der Waals surface area (Å²) in [5.74, 6) is 1.39. The number of aromatic nitrogens is 3. The first-order valence-corrected chi connectivity index (χ1v) is 9.64. The Kier molecular flexibility index (Phi) is 6.36. The van der Waals surface area contributed by atoms with Gasteiger partial charge in [0.1, 0.15) is 12.4 Å². The number of para-hydroxylation sites is 1. The van der Waals surface area contributed by atoms with Crippen molar-refractivity contribution >= 4 is 35.0 Å². The fraction of sp³-hybridized carbons (Fsp3) is 0.211. The first-order chi connectivity index (χ1) is 13.0. The topological polar surface area (TPSA) is 69.0 Å². The van der Waals surface area contributed by atoms with E-state index in [1.54, 1.807) is 12.1 Å². The number of benzene rings is 2. The summed E-state index contributed by atoms with van der Waals surface area (Å²) in [6.07, 6.45) is 0. The Balaban J connectivity index is 1.54. The van der Waals surface area contributed by atoms with Crippen LogP contribution in [0.3, 0.4) is 0 Å². The van der Waals surface area contributed by atoms with Crippen molar-refractivity contribution in [2.45, 2.75) is 18.7 Å². The summed E-state index contributed by atoms with van der Waals surface area (Å²) < 4.78 is 7.50. The minimum Gasteiger partial charge on any atom is -0.484 e. The molecule has 0 bridgehead atoms. The number of aryl methyl sites for hydroxylation is 1. The molecule has 0 radical (unpaired) electrons. The van der Waals surface area contributed by atoms with Gasteiger partial charge in [-0.05, 0) is 36.8 Å². The lowest BCUT2D eigenvalue weighted by Crippen LogP contribution is -2.14. The molecule has 0 unspecified atom stereocenters. The van der Waals surface area contributed by atoms with Crippen molar-refractivity contribution in [1.29, 1.82) is 0 Å². The van der Waals surface area contributed by atoms with E-state index in [1.165, 1.54) is 11.8 Å². The van der Waals surface area contributed by atoms with E-state index in [-0.39, 0.29) is 18.3 Å². The second kappa shape index (κ2) is 8.92. The van der Waals surface area contributed by atoms with Gasteiger partial charge in [-0.25, -0.2) is 0 Å². The number of anilines is 1. The van der Waals surface area contributed by atoms with Crippen molar-refractivity contribution < 1.29 is 9.53 Å². The Hall–Kier alpha value is -2.51. The molecule has 27 heavy (non-hydrogen) atoms. The summed E-state index contributed by atoms with van der Waals surface area (Å²) in [6.45, 7) is 2.22. The second-order valence-corrected chi connectivity index (χ2v) is 7.23. The van der Waals surface area contributed by atoms with E-state index in [1.807, 2.05) is 54.9 Å². The van der Waals surface area contributed by atoms with E-state index < -0.39 is 0 Å². The number of nitrogens with zero attached hydrogens (tertiary/aromatic N) is 3. The molecule has 8 heteroatoms. The van der Waals surface area contributed by atoms with Crippen LogP contribution in [0.1, 0.15) is 11.4 Å². The molecule has 0 aliphatic rings. The van der Waals surface area contributed by atoms with Crippen LogP contribution in [0.2, 0.25) is 5.02 Å². The highest BCUT2D eigenvalue weighted by Gasteiger charge is 2.13. The van der Waals surface area contributed by atoms with Crippen LogP contribution in [0.25, 0.3) is 0 Å². The summed E-state index contributed by atoms with van der Waals surface area (Å²) in [5.41, 5.74) is 1.88. The maximum Gasteiger partial charge on any atom is 0.234 e. The van der Waals surface area contributed by atoms with Crippen LogP contribution in [0.15, 0.2) is 53.7 Å². The van der Waals surface area contributed by atoms with Gasteiger partial charge >= 0.3 is 0 Å². The third-order valence-corrected chi connectivity index (χ3v) is 5.09. The van der Waals surface area contributed by atoms with Crippen LogP contribution in [-0.4, -0.2) is 26.4 Å². The molecule has 0 aliphatic heterocycles. The SMILES string of the molecule is Cc1cccc(NC(=O)CSc2nnc(COc3ccccc3Cl)n2C)c1. The van der Waals surface area contributed by atoms with Gasteiger partial charge in [-0.3, -0.25) is 4.79 Å². The number of halogens is 1. The number of amides is 1. The van der Waals surface area contributed by atoms with Crippen molar-refractivity contribution in [2.75, 3.05) is 11.1 Å². The molecule has 1 aromatic heterocycles. The summed E-state index contributed by atoms with van der Waals surface area (Å²) in [6, 6.07) is 14.9. The Morgan fingerprint density at radius 2 is 2.04 bits per heavy atom. The fourth-order valence-corrected chi connectivity index (χ4v) is 3.27. The molecule has 1 heterocycles. The predicted molar refractivity (Wildman–Crippen MR) is 107 cm³/mol. The Morgan fingerprint density at radius 3 is 2.81 bits per heavy atom. The van der Waals surface area contributed by atoms with Gasteiger partial charge in [0.25, 0.3) is 0 Å². The third-order valence-electron chi connectivity index (χ3n) is 3.75. The van der Waals surface area contributed by atoms with Gasteiger partial charge in [-0.2, -0.15) is 0 Å². The van der Waals surface area contributed by atoms with Crippen LogP contribution in [0.4, 0.5) is 5.69 Å². The number of hydrogen-bond acceptors (Lipinski definition) is 5. The van der Waals surface area contributed by atoms with Gasteiger partial charge < -0.3 is 14.6 Å². The zero-order chi connectivity index (χ0) is 19.2. The molecule has 0 fully saturated rings. The zero-order valence-corrected chi connectivity index (χ0v) is 16.5. The molecular weight excluding hydrogens is 384 g/mol. The van der Waals surface area contributed by atoms with Crippen LogP contribution in [-0.2, 0) is 18.4 Å². The minimum absolute atomic E-state index is 0.0949. The molecular formula is C19H19ClN4O2S. The van der Waals surface area contributed by atoms with E-state index in [4.69, 9.17) is 16.3 Å². The van der Waals surface area contributed by atoms with Gasteiger partial charge in [0, 0.05) is 12.7 Å². The van der Waals surface area contributed by atoms with Crippen molar-refractivity contribution in [3.8, 4) is 5.75 Å². The van der Waals surface area contributed by atoms with E-state index in [0.29, 0.717) is 21.8 Å². The van der Waals surface area contributed by atoms with Crippen molar-refractivity contribution in [1.82, 2.24) is 14.8 Å². The molecule has 0 saturated carbocycles. The highest BCUT2D eigenvalue weighted by molar-refractivity contribution is 7.99. The summed E-state index contributed by atoms with van der Waals surface area (Å²) >= 11 is 7.40. The predicted octanol–water partition coefficient (Wildman–Crippen LogP) is 4.09. The largest absolute Gasteiger partial charge is 0.484 e. The monoisotopic (exact) mass is 402 g/mol. The average molecular weight is 403 g/mol. The van der Waals surface area contributed by atoms with Gasteiger partial charge in [-0.15, -0.1) is 10.2 Å². The van der Waals surface area contributed by atoms with Gasteiger partial charge in [0.2, 0.25) is 5.91 Å². The molecule has 0 atom stereocenters. The minimum atomic E-state index is -0.0949. The maximum absolute atomic E-state index is 12.1. The zero-order valence-electron chi connectivity index (χ0n) is 15.0. The summed E-state index contributed by atoms with van der Waals surface area (Å²) in [4.78, 5) is 12.1. The Bertz CT molecular complexity index is 945. The smallest absolute Gasteiger partial charge is 0.234 e. The van der Waals surface area contributed by atoms with E-state index in [2.05, 4.69) is 15.5 Å². The molecule has 1 N–H and O–H groups in total. The number of hydrogen-bond donors (Lipinski definition) is 1. The first kappa shape index (κ1) is 19.3. The number of carbonyl (C=O) groups is 1. The number of nitrogens with one attached hydrogen (secondary N) is 1. The lowest BCUT2D eigenvalue weighted by molar-refractivity contribution is -0.113. The average Bonchev–Trinajstić information content (AvgIpc) is 2.99. The second-order valence-electron chi connectivity index (χ2n) is 5.88. The molecule has 0 saturated heterocycles. The van der Waals surface area contributed by atoms with Crippen molar-refractivity contribution in [3.63, 3.8) is 0 Å². The van der Waals surface area contributed by atoms with Crippen molar-refractivity contribution in [2.24, 2.45) is 7.05 Å². The van der Waals surface area contributed by atoms with E-state index >= 15 is 0 Å². The molecule has 140 valence electrons. The number of rotatable bonds is 7. The quantitative estimate of drug-likeness (QED) is 0.603. The molecule has 1 amide bonds. The van der Waals surface area contributed by atoms with E-state index in [9.17, 15) is 4.79 Å². The van der Waals surface area contributed by atoms with Crippen LogP contribution >= 0.6 is 23.4 Å². The number of thioether (sulfide) groups is 1. The fourth-order valence-electron chi connectivity index (χ4n) is 2.35. The standard InChI is InChI=1S/C19H19ClN4O2S/c1-13-6-5-7-14(10-13)21-18(25)12-27-19-23-22-17(24(19)2)11-26-16-9-4-3-8-15(16)20/h3-10H,11-12H2,1-2H3,(H,21,25). The summed E-state index contributed by atoms with van der Waals surface area (Å²) in [5, 5.41) is 12.3. The van der Waals surface area contributed by atoms with Crippen LogP contribution in [0, 0.1) is 6.92 Å². The van der Waals surface area contributed by atoms with Crippen LogP contribution < -0.4 is 10.1 Å². The molecule has 0 aliphatic carbocycles. The van der Waals surface area contributed by atoms with E-state index in [0.717, 1.165) is 11.3 Å². The van der Waals surface area contributed by atoms with Gasteiger partial charge in [0.15, 0.2) is 11.0 Å². The number of carbonyl (C=O) groups excluding carboxylic acids is 1. The molecule has 0 spiro atoms. The van der Waals surface area contributed by atoms with Gasteiger partial charge in [0.05, 0.1) is 10.8 Å². The number of ether oxygens (including phenoxy) is 1. The normalized spacial score (nSPS) is 10.6. The lowest BCUT2D eigenvalue weighted by atomic mass is 10.2. The van der Waals surface area contributed by atoms with Crippen LogP contribution in [0.5, 0.6) is 5.75 Å². The lowest BCUT2D eigenvalue weighted by Gasteiger charge is -2.08.